The third-order valence-electron chi connectivity index (χ3n) is 6.10. The second-order valence-electron chi connectivity index (χ2n) is 7.30. The lowest BCUT2D eigenvalue weighted by molar-refractivity contribution is -0.233. The summed E-state index contributed by atoms with van der Waals surface area (Å²) in [6.07, 6.45) is 6.94. The number of hydrogen-bond acceptors (Lipinski definition) is 3. The molecule has 3 aliphatic rings. The van der Waals surface area contributed by atoms with Gasteiger partial charge in [0.1, 0.15) is 0 Å². The summed E-state index contributed by atoms with van der Waals surface area (Å²) in [4.78, 5) is 2.51. The maximum Gasteiger partial charge on any atom is 0.0690 e. The van der Waals surface area contributed by atoms with Crippen LogP contribution >= 0.6 is 0 Å². The Morgan fingerprint density at radius 1 is 1.22 bits per heavy atom. The van der Waals surface area contributed by atoms with Gasteiger partial charge < -0.3 is 15.4 Å². The summed E-state index contributed by atoms with van der Waals surface area (Å²) >= 11 is 0. The fourth-order valence-electron chi connectivity index (χ4n) is 4.36. The quantitative estimate of drug-likeness (QED) is 0.835. The third-order valence-corrected chi connectivity index (χ3v) is 6.10. The summed E-state index contributed by atoms with van der Waals surface area (Å²) in [6, 6.07) is 0.782. The average molecular weight is 252 g/mol. The predicted molar refractivity (Wildman–Crippen MR) is 73.4 cm³/mol. The minimum Gasteiger partial charge on any atom is -0.377 e. The molecule has 0 aromatic heterocycles. The maximum absolute atomic E-state index is 6.83. The lowest BCUT2D eigenvalue weighted by Crippen LogP contribution is -2.80. The molecule has 1 heterocycles. The van der Waals surface area contributed by atoms with Gasteiger partial charge in [0.05, 0.1) is 6.10 Å². The molecule has 3 fully saturated rings. The summed E-state index contributed by atoms with van der Waals surface area (Å²) in [5.74, 6) is 0.573. The molecule has 3 rings (SSSR count). The van der Waals surface area contributed by atoms with Gasteiger partial charge in [-0.25, -0.2) is 0 Å². The molecule has 1 saturated heterocycles. The van der Waals surface area contributed by atoms with Crippen LogP contribution in [0.4, 0.5) is 0 Å². The first kappa shape index (κ1) is 12.9. The Balaban J connectivity index is 1.71. The van der Waals surface area contributed by atoms with Crippen LogP contribution in [0, 0.1) is 11.3 Å². The van der Waals surface area contributed by atoms with Crippen molar-refractivity contribution < 1.29 is 4.74 Å². The van der Waals surface area contributed by atoms with Crippen molar-refractivity contribution in [1.82, 2.24) is 4.90 Å². The van der Waals surface area contributed by atoms with Crippen molar-refractivity contribution in [3.63, 3.8) is 0 Å². The van der Waals surface area contributed by atoms with E-state index in [0.717, 1.165) is 19.2 Å². The molecule has 0 aromatic rings. The molecule has 3 heteroatoms. The number of likely N-dealkylation sites (N-methyl/N-ethyl adjacent to an activating group) is 1. The molecule has 104 valence electrons. The van der Waals surface area contributed by atoms with Gasteiger partial charge in [-0.1, -0.05) is 20.3 Å². The van der Waals surface area contributed by atoms with Crippen molar-refractivity contribution in [3.8, 4) is 0 Å². The van der Waals surface area contributed by atoms with E-state index in [2.05, 4.69) is 25.8 Å². The van der Waals surface area contributed by atoms with Crippen molar-refractivity contribution in [1.29, 1.82) is 0 Å². The number of ether oxygens (including phenoxy) is 1. The Hall–Kier alpha value is -0.120. The van der Waals surface area contributed by atoms with Crippen molar-refractivity contribution >= 4 is 0 Å². The topological polar surface area (TPSA) is 38.5 Å². The van der Waals surface area contributed by atoms with E-state index in [1.165, 1.54) is 32.1 Å². The van der Waals surface area contributed by atoms with Crippen molar-refractivity contribution in [2.45, 2.75) is 63.6 Å². The van der Waals surface area contributed by atoms with Gasteiger partial charge in [-0.2, -0.15) is 0 Å². The Morgan fingerprint density at radius 2 is 1.94 bits per heavy atom. The predicted octanol–water partition coefficient (Wildman–Crippen LogP) is 2.00. The number of hydrogen-bond donors (Lipinski definition) is 1. The van der Waals surface area contributed by atoms with Gasteiger partial charge in [-0.05, 0) is 32.7 Å². The molecule has 1 aliphatic heterocycles. The minimum absolute atomic E-state index is 0.0531. The fourth-order valence-corrected chi connectivity index (χ4v) is 4.36. The van der Waals surface area contributed by atoms with Gasteiger partial charge in [0.25, 0.3) is 0 Å². The number of rotatable bonds is 3. The van der Waals surface area contributed by atoms with E-state index in [-0.39, 0.29) is 11.0 Å². The van der Waals surface area contributed by atoms with E-state index < -0.39 is 0 Å². The van der Waals surface area contributed by atoms with Crippen LogP contribution in [0.3, 0.4) is 0 Å². The van der Waals surface area contributed by atoms with Gasteiger partial charge in [0, 0.05) is 36.1 Å². The highest BCUT2D eigenvalue weighted by molar-refractivity contribution is 5.21. The van der Waals surface area contributed by atoms with Gasteiger partial charge in [-0.3, -0.25) is 0 Å². The van der Waals surface area contributed by atoms with Crippen LogP contribution < -0.4 is 5.73 Å². The zero-order valence-electron chi connectivity index (χ0n) is 12.1. The largest absolute Gasteiger partial charge is 0.377 e. The number of fused-ring (bicyclic) bond motifs is 1. The fraction of sp³-hybridized carbons (Fsp3) is 1.00. The van der Waals surface area contributed by atoms with E-state index >= 15 is 0 Å². The third kappa shape index (κ3) is 1.60. The Morgan fingerprint density at radius 3 is 2.56 bits per heavy atom. The molecule has 0 radical (unpaired) electrons. The Labute approximate surface area is 111 Å². The maximum atomic E-state index is 6.83. The summed E-state index contributed by atoms with van der Waals surface area (Å²) in [5, 5.41) is 0. The minimum atomic E-state index is -0.0531. The molecule has 0 aromatic carbocycles. The van der Waals surface area contributed by atoms with Gasteiger partial charge in [0.15, 0.2) is 0 Å². The van der Waals surface area contributed by atoms with E-state index in [1.54, 1.807) is 0 Å². The van der Waals surface area contributed by atoms with Crippen LogP contribution in [0.2, 0.25) is 0 Å². The molecular weight excluding hydrogens is 224 g/mol. The van der Waals surface area contributed by atoms with E-state index in [9.17, 15) is 0 Å². The summed E-state index contributed by atoms with van der Waals surface area (Å²) in [6.45, 7) is 6.57. The lowest BCUT2D eigenvalue weighted by Gasteiger charge is -2.67. The average Bonchev–Trinajstić information content (AvgIpc) is 2.26. The van der Waals surface area contributed by atoms with Gasteiger partial charge >= 0.3 is 0 Å². The van der Waals surface area contributed by atoms with Crippen molar-refractivity contribution in [2.24, 2.45) is 17.1 Å². The normalized spacial score (nSPS) is 43.2. The Kier molecular flexibility index (Phi) is 3.00. The SMILES string of the molecule is CN(CC1(N)C2CCCOC2C1(C)C)C1CCC1. The van der Waals surface area contributed by atoms with E-state index in [0.29, 0.717) is 12.0 Å². The molecule has 2 saturated carbocycles. The second-order valence-corrected chi connectivity index (χ2v) is 7.30. The summed E-state index contributed by atoms with van der Waals surface area (Å²) in [7, 11) is 2.26. The first-order valence-electron chi connectivity index (χ1n) is 7.57. The number of nitrogens with zero attached hydrogens (tertiary/aromatic N) is 1. The molecular formula is C15H28N2O. The smallest absolute Gasteiger partial charge is 0.0690 e. The molecule has 2 aliphatic carbocycles. The van der Waals surface area contributed by atoms with Gasteiger partial charge in [-0.15, -0.1) is 0 Å². The molecule has 3 unspecified atom stereocenters. The van der Waals surface area contributed by atoms with Crippen LogP contribution in [0.15, 0.2) is 0 Å². The van der Waals surface area contributed by atoms with Crippen LogP contribution in [0.5, 0.6) is 0 Å². The monoisotopic (exact) mass is 252 g/mol. The Bertz CT molecular complexity index is 326. The first-order chi connectivity index (χ1) is 8.47. The highest BCUT2D eigenvalue weighted by Crippen LogP contribution is 2.57. The zero-order valence-corrected chi connectivity index (χ0v) is 12.1. The summed E-state index contributed by atoms with van der Waals surface area (Å²) in [5.41, 5.74) is 6.90. The van der Waals surface area contributed by atoms with Crippen molar-refractivity contribution in [2.75, 3.05) is 20.2 Å². The molecule has 0 amide bonds. The van der Waals surface area contributed by atoms with Crippen LogP contribution in [0.1, 0.15) is 46.0 Å². The number of nitrogens with two attached hydrogens (primary N) is 1. The zero-order chi connectivity index (χ0) is 13.0. The second kappa shape index (κ2) is 4.19. The highest BCUT2D eigenvalue weighted by atomic mass is 16.5. The van der Waals surface area contributed by atoms with Gasteiger partial charge in [0.2, 0.25) is 0 Å². The molecule has 3 atom stereocenters. The van der Waals surface area contributed by atoms with Crippen LogP contribution in [-0.4, -0.2) is 42.8 Å². The van der Waals surface area contributed by atoms with Crippen LogP contribution in [-0.2, 0) is 4.74 Å². The van der Waals surface area contributed by atoms with Crippen LogP contribution in [0.25, 0.3) is 0 Å². The molecule has 0 spiro atoms. The van der Waals surface area contributed by atoms with E-state index in [4.69, 9.17) is 10.5 Å². The van der Waals surface area contributed by atoms with E-state index in [1.807, 2.05) is 0 Å². The van der Waals surface area contributed by atoms with Crippen molar-refractivity contribution in [3.05, 3.63) is 0 Å². The molecule has 3 nitrogen and oxygen atoms in total. The summed E-state index contributed by atoms with van der Waals surface area (Å²) < 4.78 is 5.97. The highest BCUT2D eigenvalue weighted by Gasteiger charge is 2.66. The lowest BCUT2D eigenvalue weighted by atomic mass is 9.46. The first-order valence-corrected chi connectivity index (χ1v) is 7.57. The standard InChI is InChI=1S/C15H28N2O/c1-14(2)13-12(8-5-9-18-13)15(14,16)10-17(3)11-6-4-7-11/h11-13H,4-10,16H2,1-3H3. The molecule has 2 N–H and O–H groups in total. The molecule has 18 heavy (non-hydrogen) atoms. The molecule has 0 bridgehead atoms.